The third-order valence-corrected chi connectivity index (χ3v) is 11.0. The maximum Gasteiger partial charge on any atom is 0.406 e. The third kappa shape index (κ3) is 5.19. The molecular formula is C37H29F3N2O4S. The number of nitrogens with zero attached hydrogens (tertiary/aromatic N) is 2. The molecule has 4 aromatic carbocycles. The van der Waals surface area contributed by atoms with Crippen LogP contribution in [0.3, 0.4) is 0 Å². The number of alkyl halides is 3. The molecule has 8 rings (SSSR count). The second-order valence-electron chi connectivity index (χ2n) is 12.5. The van der Waals surface area contributed by atoms with Gasteiger partial charge in [-0.2, -0.15) is 13.2 Å². The number of halogens is 3. The van der Waals surface area contributed by atoms with Gasteiger partial charge in [0.25, 0.3) is 11.1 Å². The number of carbonyl (C=O) groups excluding carboxylic acids is 3. The van der Waals surface area contributed by atoms with Gasteiger partial charge in [0, 0.05) is 29.5 Å². The highest BCUT2D eigenvalue weighted by Gasteiger charge is 2.47. The number of hydrogen-bond donors (Lipinski definition) is 0. The van der Waals surface area contributed by atoms with E-state index < -0.39 is 30.0 Å². The Morgan fingerprint density at radius 1 is 0.787 bits per heavy atom. The number of aryl methyl sites for hydroxylation is 1. The lowest BCUT2D eigenvalue weighted by molar-refractivity contribution is -0.143. The van der Waals surface area contributed by atoms with Crippen molar-refractivity contribution in [1.82, 2.24) is 9.80 Å². The second-order valence-corrected chi connectivity index (χ2v) is 13.6. The third-order valence-electron chi connectivity index (χ3n) is 9.75. The molecule has 3 amide bonds. The molecule has 6 nitrogen and oxygen atoms in total. The molecule has 1 fully saturated rings. The minimum Gasteiger partial charge on any atom is -0.484 e. The lowest BCUT2D eigenvalue weighted by Gasteiger charge is -2.34. The molecule has 0 aromatic heterocycles. The highest BCUT2D eigenvalue weighted by Crippen LogP contribution is 2.49. The van der Waals surface area contributed by atoms with Crippen molar-refractivity contribution >= 4 is 28.8 Å². The Balaban J connectivity index is 1.00. The van der Waals surface area contributed by atoms with Crippen molar-refractivity contribution in [3.63, 3.8) is 0 Å². The summed E-state index contributed by atoms with van der Waals surface area (Å²) in [5.74, 6) is -0.597. The first-order valence-corrected chi connectivity index (χ1v) is 16.5. The quantitative estimate of drug-likeness (QED) is 0.213. The van der Waals surface area contributed by atoms with Crippen LogP contribution in [0.2, 0.25) is 0 Å². The minimum absolute atomic E-state index is 0.0857. The van der Waals surface area contributed by atoms with Gasteiger partial charge in [-0.15, -0.1) is 0 Å². The molecule has 4 aliphatic rings. The van der Waals surface area contributed by atoms with E-state index in [1.165, 1.54) is 11.0 Å². The Labute approximate surface area is 273 Å². The number of ether oxygens (including phenoxy) is 1. The van der Waals surface area contributed by atoms with Crippen LogP contribution >= 0.6 is 11.8 Å². The summed E-state index contributed by atoms with van der Waals surface area (Å²) in [6, 6.07) is 28.4. The number of hydrogen-bond acceptors (Lipinski definition) is 5. The van der Waals surface area contributed by atoms with Gasteiger partial charge in [-0.25, -0.2) is 0 Å². The summed E-state index contributed by atoms with van der Waals surface area (Å²) in [5, 5.41) is -0.765. The van der Waals surface area contributed by atoms with Gasteiger partial charge in [-0.1, -0.05) is 84.6 Å². The molecular weight excluding hydrogens is 625 g/mol. The Morgan fingerprint density at radius 2 is 1.43 bits per heavy atom. The van der Waals surface area contributed by atoms with Gasteiger partial charge in [0.15, 0.2) is 0 Å². The van der Waals surface area contributed by atoms with Gasteiger partial charge in [0.1, 0.15) is 23.6 Å². The molecule has 4 aromatic rings. The van der Waals surface area contributed by atoms with Crippen LogP contribution < -0.4 is 4.74 Å². The van der Waals surface area contributed by atoms with Crippen molar-refractivity contribution in [2.24, 2.45) is 0 Å². The molecule has 10 heteroatoms. The standard InChI is InChI=1S/C37H29F3N2O4S/c38-37(39,40)20-41-19-32(28-11-5-6-12-30(28)34(41)43)46-22-14-16-23-21(17-22)13-15-29(23)33-35(44)42(36(45)47-33)18-31-26-9-3-1-7-24(26)25-8-2-4-10-27(25)31/h1-12,14,16-17,29,31-33H,13,15,18-20H2/t29-,32?,33?/m1/s1. The molecule has 238 valence electrons. The smallest absolute Gasteiger partial charge is 0.406 e. The summed E-state index contributed by atoms with van der Waals surface area (Å²) in [6.07, 6.45) is -3.93. The highest BCUT2D eigenvalue weighted by atomic mass is 32.2. The largest absolute Gasteiger partial charge is 0.484 e. The van der Waals surface area contributed by atoms with Crippen molar-refractivity contribution in [1.29, 1.82) is 0 Å². The monoisotopic (exact) mass is 654 g/mol. The zero-order chi connectivity index (χ0) is 32.4. The zero-order valence-electron chi connectivity index (χ0n) is 25.1. The van der Waals surface area contributed by atoms with Crippen LogP contribution in [0.5, 0.6) is 5.75 Å². The Morgan fingerprint density at radius 3 is 2.11 bits per heavy atom. The summed E-state index contributed by atoms with van der Waals surface area (Å²) in [4.78, 5) is 42.2. The van der Waals surface area contributed by atoms with Crippen LogP contribution in [0, 0.1) is 0 Å². The fourth-order valence-corrected chi connectivity index (χ4v) is 8.86. The Kier molecular flexibility index (Phi) is 7.16. The van der Waals surface area contributed by atoms with Gasteiger partial charge in [-0.3, -0.25) is 19.3 Å². The Bertz CT molecular complexity index is 1900. The normalized spacial score (nSPS) is 21.9. The molecule has 47 heavy (non-hydrogen) atoms. The van der Waals surface area contributed by atoms with Crippen molar-refractivity contribution in [2.45, 2.75) is 42.2 Å². The van der Waals surface area contributed by atoms with E-state index in [2.05, 4.69) is 24.3 Å². The van der Waals surface area contributed by atoms with E-state index in [-0.39, 0.29) is 41.6 Å². The molecule has 0 saturated carbocycles. The zero-order valence-corrected chi connectivity index (χ0v) is 25.9. The number of carbonyl (C=O) groups is 3. The van der Waals surface area contributed by atoms with E-state index in [1.807, 2.05) is 36.4 Å². The van der Waals surface area contributed by atoms with E-state index >= 15 is 0 Å². The van der Waals surface area contributed by atoms with E-state index in [0.29, 0.717) is 24.2 Å². The van der Waals surface area contributed by atoms with Crippen LogP contribution in [0.25, 0.3) is 11.1 Å². The molecule has 3 atom stereocenters. The first-order chi connectivity index (χ1) is 22.7. The van der Waals surface area contributed by atoms with Gasteiger partial charge in [0.05, 0.1) is 6.54 Å². The maximum absolute atomic E-state index is 13.9. The highest BCUT2D eigenvalue weighted by molar-refractivity contribution is 8.15. The summed E-state index contributed by atoms with van der Waals surface area (Å²) in [7, 11) is 0. The summed E-state index contributed by atoms with van der Waals surface area (Å²) < 4.78 is 46.1. The predicted octanol–water partition coefficient (Wildman–Crippen LogP) is 7.73. The molecule has 2 aliphatic carbocycles. The molecule has 0 spiro atoms. The summed E-state index contributed by atoms with van der Waals surface area (Å²) in [6.45, 7) is -1.29. The van der Waals surface area contributed by atoms with Crippen LogP contribution in [0.15, 0.2) is 91.0 Å². The molecule has 0 radical (unpaired) electrons. The number of thioether (sulfide) groups is 1. The number of imide groups is 1. The van der Waals surface area contributed by atoms with Crippen LogP contribution in [0.4, 0.5) is 18.0 Å². The molecule has 2 unspecified atom stereocenters. The first kappa shape index (κ1) is 29.8. The van der Waals surface area contributed by atoms with Crippen LogP contribution in [-0.4, -0.2) is 57.9 Å². The fraction of sp³-hybridized carbons (Fsp3) is 0.270. The van der Waals surface area contributed by atoms with Gasteiger partial charge in [-0.05, 0) is 64.4 Å². The number of fused-ring (bicyclic) bond motifs is 5. The number of benzene rings is 4. The van der Waals surface area contributed by atoms with E-state index in [1.54, 1.807) is 24.3 Å². The minimum atomic E-state index is -4.53. The van der Waals surface area contributed by atoms with Crippen LogP contribution in [0.1, 0.15) is 62.5 Å². The lowest BCUT2D eigenvalue weighted by atomic mass is 9.94. The Hall–Kier alpha value is -4.57. The molecule has 1 saturated heterocycles. The average Bonchev–Trinajstić information content (AvgIpc) is 3.71. The SMILES string of the molecule is O=C1c2ccccc2C(Oc2ccc3c(c2)CC[C@H]3C2SC(=O)N(CC3c4ccccc4-c4ccccc43)C2=O)CN1CC(F)(F)F. The molecule has 0 bridgehead atoms. The predicted molar refractivity (Wildman–Crippen MR) is 171 cm³/mol. The number of amides is 3. The van der Waals surface area contributed by atoms with Crippen molar-refractivity contribution in [3.05, 3.63) is 124 Å². The molecule has 2 aliphatic heterocycles. The summed E-state index contributed by atoms with van der Waals surface area (Å²) in [5.41, 5.74) is 7.22. The average molecular weight is 655 g/mol. The first-order valence-electron chi connectivity index (χ1n) is 15.6. The van der Waals surface area contributed by atoms with Crippen LogP contribution in [-0.2, 0) is 11.2 Å². The number of rotatable bonds is 6. The van der Waals surface area contributed by atoms with E-state index in [4.69, 9.17) is 4.74 Å². The van der Waals surface area contributed by atoms with E-state index in [0.717, 1.165) is 50.0 Å². The summed E-state index contributed by atoms with van der Waals surface area (Å²) >= 11 is 1.10. The molecule has 0 N–H and O–H groups in total. The van der Waals surface area contributed by atoms with Gasteiger partial charge in [0.2, 0.25) is 5.91 Å². The van der Waals surface area contributed by atoms with Gasteiger partial charge >= 0.3 is 6.18 Å². The maximum atomic E-state index is 13.9. The van der Waals surface area contributed by atoms with E-state index in [9.17, 15) is 27.6 Å². The lowest BCUT2D eigenvalue weighted by Crippen LogP contribution is -2.46. The fourth-order valence-electron chi connectivity index (χ4n) is 7.68. The molecule has 2 heterocycles. The van der Waals surface area contributed by atoms with Crippen molar-refractivity contribution < 1.29 is 32.3 Å². The van der Waals surface area contributed by atoms with Gasteiger partial charge < -0.3 is 9.64 Å². The van der Waals surface area contributed by atoms with Crippen molar-refractivity contribution in [3.8, 4) is 16.9 Å². The van der Waals surface area contributed by atoms with Crippen molar-refractivity contribution in [2.75, 3.05) is 19.6 Å². The second kappa shape index (κ2) is 11.3. The topological polar surface area (TPSA) is 66.9 Å².